The summed E-state index contributed by atoms with van der Waals surface area (Å²) in [6, 6.07) is 15.9. The molecule has 0 aliphatic carbocycles. The molecular formula is C26H26N4O3. The SMILES string of the molecule is CCOC(=O)c1cnc(Cc2ccc(-n3cnc(C)c3)c(OC)c2)nc1Cc1ccccc1. The molecule has 2 heterocycles. The van der Waals surface area contributed by atoms with Gasteiger partial charge in [0.05, 0.1) is 42.7 Å². The standard InChI is InChI=1S/C26H26N4O3/c1-4-33-26(31)21-15-27-25(29-22(21)12-19-8-6-5-7-9-19)14-20-10-11-23(24(13-20)32-3)30-16-18(2)28-17-30/h5-11,13,15-17H,4,12,14H2,1-3H3. The van der Waals surface area contributed by atoms with E-state index in [1.165, 1.54) is 0 Å². The van der Waals surface area contributed by atoms with Gasteiger partial charge in [-0.25, -0.2) is 19.7 Å². The van der Waals surface area contributed by atoms with Gasteiger partial charge < -0.3 is 14.0 Å². The zero-order valence-corrected chi connectivity index (χ0v) is 19.0. The molecule has 0 bridgehead atoms. The summed E-state index contributed by atoms with van der Waals surface area (Å²) >= 11 is 0. The van der Waals surface area contributed by atoms with Crippen LogP contribution in [0.2, 0.25) is 0 Å². The molecule has 0 spiro atoms. The predicted octanol–water partition coefficient (Wildman–Crippen LogP) is 4.34. The van der Waals surface area contributed by atoms with Crippen LogP contribution < -0.4 is 4.74 Å². The Morgan fingerprint density at radius 3 is 2.55 bits per heavy atom. The Balaban J connectivity index is 1.63. The first-order valence-corrected chi connectivity index (χ1v) is 10.8. The fraction of sp³-hybridized carbons (Fsp3) is 0.231. The Morgan fingerprint density at radius 1 is 1.03 bits per heavy atom. The highest BCUT2D eigenvalue weighted by Gasteiger charge is 2.17. The molecule has 4 rings (SSSR count). The van der Waals surface area contributed by atoms with Gasteiger partial charge in [-0.15, -0.1) is 0 Å². The van der Waals surface area contributed by atoms with Gasteiger partial charge in [0.25, 0.3) is 0 Å². The number of esters is 1. The van der Waals surface area contributed by atoms with Gasteiger partial charge in [-0.1, -0.05) is 36.4 Å². The van der Waals surface area contributed by atoms with Crippen LogP contribution in [-0.2, 0) is 17.6 Å². The molecule has 0 fully saturated rings. The van der Waals surface area contributed by atoms with Crippen molar-refractivity contribution in [3.8, 4) is 11.4 Å². The second kappa shape index (κ2) is 10.1. The fourth-order valence-electron chi connectivity index (χ4n) is 3.63. The molecule has 0 radical (unpaired) electrons. The van der Waals surface area contributed by atoms with Crippen LogP contribution in [0.3, 0.4) is 0 Å². The summed E-state index contributed by atoms with van der Waals surface area (Å²) in [5.41, 5.74) is 4.96. The van der Waals surface area contributed by atoms with Crippen LogP contribution in [0.15, 0.2) is 67.3 Å². The molecular weight excluding hydrogens is 416 g/mol. The van der Waals surface area contributed by atoms with Crippen molar-refractivity contribution in [2.75, 3.05) is 13.7 Å². The number of rotatable bonds is 8. The van der Waals surface area contributed by atoms with Gasteiger partial charge in [0.15, 0.2) is 0 Å². The van der Waals surface area contributed by atoms with E-state index in [1.807, 2.05) is 66.2 Å². The lowest BCUT2D eigenvalue weighted by Crippen LogP contribution is -2.13. The van der Waals surface area contributed by atoms with Crippen molar-refractivity contribution in [1.29, 1.82) is 0 Å². The molecule has 2 aromatic carbocycles. The van der Waals surface area contributed by atoms with E-state index in [9.17, 15) is 4.79 Å². The average Bonchev–Trinajstić information content (AvgIpc) is 3.26. The Morgan fingerprint density at radius 2 is 1.85 bits per heavy atom. The quantitative estimate of drug-likeness (QED) is 0.378. The lowest BCUT2D eigenvalue weighted by Gasteiger charge is -2.12. The summed E-state index contributed by atoms with van der Waals surface area (Å²) in [6.07, 6.45) is 6.31. The molecule has 2 aromatic heterocycles. The predicted molar refractivity (Wildman–Crippen MR) is 125 cm³/mol. The van der Waals surface area contributed by atoms with Crippen molar-refractivity contribution < 1.29 is 14.3 Å². The summed E-state index contributed by atoms with van der Waals surface area (Å²) in [6.45, 7) is 4.03. The number of carbonyl (C=O) groups excluding carboxylic acids is 1. The molecule has 0 aliphatic rings. The van der Waals surface area contributed by atoms with Crippen LogP contribution in [0.25, 0.3) is 5.69 Å². The molecule has 4 aromatic rings. The van der Waals surface area contributed by atoms with E-state index in [0.29, 0.717) is 36.5 Å². The molecule has 0 saturated heterocycles. The van der Waals surface area contributed by atoms with Gasteiger partial charge in [-0.3, -0.25) is 0 Å². The Labute approximate surface area is 193 Å². The Kier molecular flexibility index (Phi) is 6.78. The maximum Gasteiger partial charge on any atom is 0.341 e. The van der Waals surface area contributed by atoms with Gasteiger partial charge in [0.2, 0.25) is 0 Å². The maximum absolute atomic E-state index is 12.5. The fourth-order valence-corrected chi connectivity index (χ4v) is 3.63. The Bertz CT molecular complexity index is 1250. The largest absolute Gasteiger partial charge is 0.495 e. The van der Waals surface area contributed by atoms with Gasteiger partial charge in [0, 0.05) is 25.2 Å². The number of methoxy groups -OCH3 is 1. The minimum atomic E-state index is -0.406. The minimum Gasteiger partial charge on any atom is -0.495 e. The number of benzene rings is 2. The van der Waals surface area contributed by atoms with Crippen molar-refractivity contribution >= 4 is 5.97 Å². The van der Waals surface area contributed by atoms with Crippen LogP contribution in [0.5, 0.6) is 5.75 Å². The third-order valence-electron chi connectivity index (χ3n) is 5.22. The zero-order chi connectivity index (χ0) is 23.2. The lowest BCUT2D eigenvalue weighted by molar-refractivity contribution is 0.0524. The molecule has 0 aliphatic heterocycles. The van der Waals surface area contributed by atoms with Crippen molar-refractivity contribution in [2.24, 2.45) is 0 Å². The first-order valence-electron chi connectivity index (χ1n) is 10.8. The van der Waals surface area contributed by atoms with E-state index >= 15 is 0 Å². The number of aromatic nitrogens is 4. The van der Waals surface area contributed by atoms with Crippen LogP contribution in [0.4, 0.5) is 0 Å². The highest BCUT2D eigenvalue weighted by Crippen LogP contribution is 2.25. The summed E-state index contributed by atoms with van der Waals surface area (Å²) in [5.74, 6) is 0.955. The van der Waals surface area contributed by atoms with E-state index < -0.39 is 5.97 Å². The van der Waals surface area contributed by atoms with Crippen LogP contribution >= 0.6 is 0 Å². The third kappa shape index (κ3) is 5.26. The third-order valence-corrected chi connectivity index (χ3v) is 5.22. The zero-order valence-electron chi connectivity index (χ0n) is 19.0. The molecule has 0 atom stereocenters. The smallest absolute Gasteiger partial charge is 0.341 e. The average molecular weight is 443 g/mol. The van der Waals surface area contributed by atoms with E-state index in [2.05, 4.69) is 9.97 Å². The second-order valence-corrected chi connectivity index (χ2v) is 7.63. The number of imidazole rings is 1. The van der Waals surface area contributed by atoms with Gasteiger partial charge in [-0.2, -0.15) is 0 Å². The second-order valence-electron chi connectivity index (χ2n) is 7.63. The molecule has 0 unspecified atom stereocenters. The van der Waals surface area contributed by atoms with Crippen molar-refractivity contribution in [2.45, 2.75) is 26.7 Å². The van der Waals surface area contributed by atoms with Gasteiger partial charge in [0.1, 0.15) is 11.6 Å². The van der Waals surface area contributed by atoms with E-state index in [-0.39, 0.29) is 0 Å². The van der Waals surface area contributed by atoms with E-state index in [4.69, 9.17) is 14.5 Å². The maximum atomic E-state index is 12.5. The van der Waals surface area contributed by atoms with Gasteiger partial charge >= 0.3 is 5.97 Å². The summed E-state index contributed by atoms with van der Waals surface area (Å²) < 4.78 is 12.8. The number of carbonyl (C=O) groups is 1. The van der Waals surface area contributed by atoms with Crippen molar-refractivity contribution in [1.82, 2.24) is 19.5 Å². The number of aryl methyl sites for hydroxylation is 1. The molecule has 7 heteroatoms. The molecule has 0 N–H and O–H groups in total. The minimum absolute atomic E-state index is 0.300. The number of ether oxygens (including phenoxy) is 2. The summed E-state index contributed by atoms with van der Waals surface area (Å²) in [4.78, 5) is 25.9. The van der Waals surface area contributed by atoms with E-state index in [0.717, 1.165) is 28.3 Å². The highest BCUT2D eigenvalue weighted by atomic mass is 16.5. The number of nitrogens with zero attached hydrogens (tertiary/aromatic N) is 4. The molecule has 0 saturated carbocycles. The molecule has 0 amide bonds. The summed E-state index contributed by atoms with van der Waals surface area (Å²) in [7, 11) is 1.65. The normalized spacial score (nSPS) is 10.8. The molecule has 33 heavy (non-hydrogen) atoms. The number of hydrogen-bond acceptors (Lipinski definition) is 6. The van der Waals surface area contributed by atoms with Gasteiger partial charge in [-0.05, 0) is 37.1 Å². The molecule has 7 nitrogen and oxygen atoms in total. The van der Waals surface area contributed by atoms with Crippen LogP contribution in [0.1, 0.15) is 45.6 Å². The monoisotopic (exact) mass is 442 g/mol. The summed E-state index contributed by atoms with van der Waals surface area (Å²) in [5, 5.41) is 0. The first kappa shape index (κ1) is 22.2. The van der Waals surface area contributed by atoms with Crippen molar-refractivity contribution in [3.05, 3.63) is 101 Å². The van der Waals surface area contributed by atoms with Crippen molar-refractivity contribution in [3.63, 3.8) is 0 Å². The van der Waals surface area contributed by atoms with E-state index in [1.54, 1.807) is 26.6 Å². The Hall–Kier alpha value is -4.00. The van der Waals surface area contributed by atoms with Crippen LogP contribution in [0, 0.1) is 6.92 Å². The topological polar surface area (TPSA) is 79.1 Å². The molecule has 168 valence electrons. The lowest BCUT2D eigenvalue weighted by atomic mass is 10.1. The first-order chi connectivity index (χ1) is 16.1. The number of hydrogen-bond donors (Lipinski definition) is 0. The highest BCUT2D eigenvalue weighted by molar-refractivity contribution is 5.90. The van der Waals surface area contributed by atoms with Crippen LogP contribution in [-0.4, -0.2) is 39.2 Å².